The molecule has 0 aliphatic carbocycles. The van der Waals surface area contributed by atoms with E-state index in [1.54, 1.807) is 20.0 Å². The van der Waals surface area contributed by atoms with Crippen molar-refractivity contribution in [3.63, 3.8) is 0 Å². The Morgan fingerprint density at radius 1 is 1.36 bits per heavy atom. The van der Waals surface area contributed by atoms with Crippen LogP contribution in [0.25, 0.3) is 10.9 Å². The molecular weight excluding hydrogens is 320 g/mol. The molecule has 3 rings (SSSR count). The Morgan fingerprint density at radius 2 is 2.12 bits per heavy atom. The number of nitrogens with zero attached hydrogens (tertiary/aromatic N) is 2. The summed E-state index contributed by atoms with van der Waals surface area (Å²) in [5, 5.41) is 7.92. The lowest BCUT2D eigenvalue weighted by molar-refractivity contribution is -0.142. The summed E-state index contributed by atoms with van der Waals surface area (Å²) in [6.45, 7) is 1.81. The third kappa shape index (κ3) is 3.40. The van der Waals surface area contributed by atoms with Crippen LogP contribution in [0.5, 0.6) is 0 Å². The molecule has 2 aromatic heterocycles. The van der Waals surface area contributed by atoms with Crippen LogP contribution in [0.3, 0.4) is 0 Å². The molecule has 0 bridgehead atoms. The summed E-state index contributed by atoms with van der Waals surface area (Å²) in [6.07, 6.45) is 2.18. The number of esters is 1. The van der Waals surface area contributed by atoms with Crippen molar-refractivity contribution >= 4 is 22.8 Å². The number of amides is 1. The maximum atomic E-state index is 12.5. The number of nitrogens with one attached hydrogen (secondary N) is 2. The molecule has 0 radical (unpaired) electrons. The number of aromatic nitrogens is 3. The monoisotopic (exact) mass is 340 g/mol. The van der Waals surface area contributed by atoms with E-state index in [-0.39, 0.29) is 5.91 Å². The zero-order valence-electron chi connectivity index (χ0n) is 14.4. The van der Waals surface area contributed by atoms with Crippen LogP contribution in [-0.2, 0) is 23.0 Å². The van der Waals surface area contributed by atoms with Crippen LogP contribution in [0.15, 0.2) is 36.5 Å². The minimum Gasteiger partial charge on any atom is -0.467 e. The van der Waals surface area contributed by atoms with Gasteiger partial charge in [0.15, 0.2) is 0 Å². The molecule has 1 aromatic carbocycles. The smallest absolute Gasteiger partial charge is 0.328 e. The number of carbonyl (C=O) groups excluding carboxylic acids is 2. The number of hydrogen-bond donors (Lipinski definition) is 2. The first-order chi connectivity index (χ1) is 12.0. The summed E-state index contributed by atoms with van der Waals surface area (Å²) in [4.78, 5) is 27.8. The van der Waals surface area contributed by atoms with Crippen LogP contribution >= 0.6 is 0 Å². The highest BCUT2D eigenvalue weighted by molar-refractivity contribution is 5.96. The highest BCUT2D eigenvalue weighted by atomic mass is 16.5. The second kappa shape index (κ2) is 6.80. The fraction of sp³-hybridized carbons (Fsp3) is 0.278. The second-order valence-corrected chi connectivity index (χ2v) is 5.91. The zero-order chi connectivity index (χ0) is 18.0. The van der Waals surface area contributed by atoms with Crippen molar-refractivity contribution in [1.29, 1.82) is 0 Å². The van der Waals surface area contributed by atoms with E-state index in [2.05, 4.69) is 15.4 Å². The Kier molecular flexibility index (Phi) is 4.56. The van der Waals surface area contributed by atoms with Crippen LogP contribution < -0.4 is 5.32 Å². The molecule has 0 saturated heterocycles. The van der Waals surface area contributed by atoms with Crippen molar-refractivity contribution < 1.29 is 14.3 Å². The molecule has 2 N–H and O–H groups in total. The lowest BCUT2D eigenvalue weighted by atomic mass is 10.0. The van der Waals surface area contributed by atoms with Gasteiger partial charge in [-0.15, -0.1) is 0 Å². The highest BCUT2D eigenvalue weighted by Crippen LogP contribution is 2.19. The van der Waals surface area contributed by atoms with E-state index >= 15 is 0 Å². The van der Waals surface area contributed by atoms with Gasteiger partial charge in [-0.05, 0) is 24.6 Å². The van der Waals surface area contributed by atoms with Crippen LogP contribution in [0.1, 0.15) is 21.7 Å². The van der Waals surface area contributed by atoms with E-state index in [1.807, 2.05) is 30.5 Å². The van der Waals surface area contributed by atoms with Crippen LogP contribution in [-0.4, -0.2) is 39.8 Å². The van der Waals surface area contributed by atoms with Crippen molar-refractivity contribution in [3.05, 3.63) is 53.5 Å². The van der Waals surface area contributed by atoms with Crippen molar-refractivity contribution in [1.82, 2.24) is 20.1 Å². The number of para-hydroxylation sites is 1. The van der Waals surface area contributed by atoms with Gasteiger partial charge in [0.1, 0.15) is 11.7 Å². The molecule has 7 nitrogen and oxygen atoms in total. The second-order valence-electron chi connectivity index (χ2n) is 5.91. The van der Waals surface area contributed by atoms with Gasteiger partial charge in [0.2, 0.25) is 0 Å². The first-order valence-corrected chi connectivity index (χ1v) is 7.94. The normalized spacial score (nSPS) is 12.1. The molecule has 1 atom stereocenters. The summed E-state index contributed by atoms with van der Waals surface area (Å²) >= 11 is 0. The molecule has 0 aliphatic heterocycles. The van der Waals surface area contributed by atoms with Gasteiger partial charge in [-0.3, -0.25) is 9.48 Å². The number of aromatic amines is 1. The van der Waals surface area contributed by atoms with E-state index in [0.717, 1.165) is 22.2 Å². The van der Waals surface area contributed by atoms with E-state index in [1.165, 1.54) is 11.8 Å². The van der Waals surface area contributed by atoms with Crippen LogP contribution in [0.2, 0.25) is 0 Å². The third-order valence-electron chi connectivity index (χ3n) is 4.12. The summed E-state index contributed by atoms with van der Waals surface area (Å²) < 4.78 is 6.35. The van der Waals surface area contributed by atoms with E-state index < -0.39 is 12.0 Å². The number of carbonyl (C=O) groups is 2. The quantitative estimate of drug-likeness (QED) is 0.692. The number of fused-ring (bicyclic) bond motifs is 1. The van der Waals surface area contributed by atoms with Gasteiger partial charge in [0.25, 0.3) is 5.91 Å². The van der Waals surface area contributed by atoms with Gasteiger partial charge in [-0.1, -0.05) is 18.2 Å². The molecule has 130 valence electrons. The molecule has 7 heteroatoms. The van der Waals surface area contributed by atoms with Gasteiger partial charge in [-0.2, -0.15) is 5.10 Å². The van der Waals surface area contributed by atoms with Gasteiger partial charge in [0.05, 0.1) is 12.8 Å². The van der Waals surface area contributed by atoms with E-state index in [0.29, 0.717) is 12.1 Å². The molecule has 0 spiro atoms. The summed E-state index contributed by atoms with van der Waals surface area (Å²) in [5.41, 5.74) is 3.05. The maximum Gasteiger partial charge on any atom is 0.328 e. The first kappa shape index (κ1) is 16.8. The molecule has 2 heterocycles. The van der Waals surface area contributed by atoms with Gasteiger partial charge in [-0.25, -0.2) is 4.79 Å². The van der Waals surface area contributed by atoms with Crippen molar-refractivity contribution in [3.8, 4) is 0 Å². The SMILES string of the molecule is COC(=O)[C@H](Cc1c[nH]c2ccccc12)NC(=O)c1cc(C)nn1C. The van der Waals surface area contributed by atoms with Gasteiger partial charge < -0.3 is 15.0 Å². The Morgan fingerprint density at radius 3 is 2.80 bits per heavy atom. The maximum absolute atomic E-state index is 12.5. The van der Waals surface area contributed by atoms with Gasteiger partial charge in [0, 0.05) is 30.6 Å². The van der Waals surface area contributed by atoms with E-state index in [9.17, 15) is 9.59 Å². The number of ether oxygens (including phenoxy) is 1. The first-order valence-electron chi connectivity index (χ1n) is 7.94. The third-order valence-corrected chi connectivity index (χ3v) is 4.12. The molecule has 0 fully saturated rings. The predicted octanol–water partition coefficient (Wildman–Crippen LogP) is 1.72. The van der Waals surface area contributed by atoms with Gasteiger partial charge >= 0.3 is 5.97 Å². The predicted molar refractivity (Wildman–Crippen MR) is 93.2 cm³/mol. The van der Waals surface area contributed by atoms with Crippen molar-refractivity contribution in [2.24, 2.45) is 7.05 Å². The number of H-pyrrole nitrogens is 1. The topological polar surface area (TPSA) is 89.0 Å². The molecule has 25 heavy (non-hydrogen) atoms. The number of benzene rings is 1. The lowest BCUT2D eigenvalue weighted by Crippen LogP contribution is -2.43. The number of hydrogen-bond acceptors (Lipinski definition) is 4. The zero-order valence-corrected chi connectivity index (χ0v) is 14.4. The average Bonchev–Trinajstić information content (AvgIpc) is 3.16. The molecular formula is C18H20N4O3. The summed E-state index contributed by atoms with van der Waals surface area (Å²) in [7, 11) is 3.00. The molecule has 0 saturated carbocycles. The van der Waals surface area contributed by atoms with Crippen molar-refractivity contribution in [2.45, 2.75) is 19.4 Å². The molecule has 0 aliphatic rings. The number of rotatable bonds is 5. The molecule has 0 unspecified atom stereocenters. The van der Waals surface area contributed by atoms with E-state index in [4.69, 9.17) is 4.74 Å². The fourth-order valence-electron chi connectivity index (χ4n) is 2.91. The fourth-order valence-corrected chi connectivity index (χ4v) is 2.91. The minimum atomic E-state index is -0.785. The summed E-state index contributed by atoms with van der Waals surface area (Å²) in [5.74, 6) is -0.851. The Balaban J connectivity index is 1.84. The minimum absolute atomic E-state index is 0.333. The van der Waals surface area contributed by atoms with Crippen molar-refractivity contribution in [2.75, 3.05) is 7.11 Å². The lowest BCUT2D eigenvalue weighted by Gasteiger charge is -2.16. The highest BCUT2D eigenvalue weighted by Gasteiger charge is 2.25. The Bertz CT molecular complexity index is 925. The van der Waals surface area contributed by atoms with Crippen LogP contribution in [0, 0.1) is 6.92 Å². The summed E-state index contributed by atoms with van der Waals surface area (Å²) in [6, 6.07) is 8.70. The van der Waals surface area contributed by atoms with Crippen LogP contribution in [0.4, 0.5) is 0 Å². The Hall–Kier alpha value is -3.09. The standard InChI is InChI=1S/C18H20N4O3/c1-11-8-16(22(2)21-11)17(23)20-15(18(24)25-3)9-12-10-19-14-7-5-4-6-13(12)14/h4-8,10,15,19H,9H2,1-3H3,(H,20,23)/t15-/m0/s1. The Labute approximate surface area is 145 Å². The number of methoxy groups -OCH3 is 1. The average molecular weight is 340 g/mol. The largest absolute Gasteiger partial charge is 0.467 e. The molecule has 3 aromatic rings. The molecule has 1 amide bonds. The number of aryl methyl sites for hydroxylation is 2.